The van der Waals surface area contributed by atoms with E-state index in [0.717, 1.165) is 31.5 Å². The molecule has 0 aliphatic heterocycles. The van der Waals surface area contributed by atoms with E-state index in [0.29, 0.717) is 24.4 Å². The zero-order valence-electron chi connectivity index (χ0n) is 12.3. The van der Waals surface area contributed by atoms with Crippen LogP contribution >= 0.6 is 11.6 Å². The highest BCUT2D eigenvalue weighted by Crippen LogP contribution is 2.31. The fraction of sp³-hybridized carbons (Fsp3) is 0.800. The number of rotatable bonds is 5. The van der Waals surface area contributed by atoms with E-state index in [-0.39, 0.29) is 11.8 Å². The van der Waals surface area contributed by atoms with Gasteiger partial charge in [-0.15, -0.1) is 11.6 Å². The van der Waals surface area contributed by atoms with Crippen LogP contribution in [0.15, 0.2) is 4.52 Å². The molecule has 2 fully saturated rings. The molecule has 21 heavy (non-hydrogen) atoms. The highest BCUT2D eigenvalue weighted by molar-refractivity contribution is 6.27. The van der Waals surface area contributed by atoms with Gasteiger partial charge in [-0.3, -0.25) is 4.79 Å². The van der Waals surface area contributed by atoms with Crippen LogP contribution in [-0.4, -0.2) is 32.9 Å². The molecule has 3 rings (SSSR count). The number of carbonyl (C=O) groups is 1. The van der Waals surface area contributed by atoms with Crippen LogP contribution in [0.5, 0.6) is 0 Å². The number of hydrogen-bond donors (Lipinski definition) is 0. The fourth-order valence-electron chi connectivity index (χ4n) is 3.07. The van der Waals surface area contributed by atoms with Crippen molar-refractivity contribution in [1.29, 1.82) is 0 Å². The fourth-order valence-corrected chi connectivity index (χ4v) is 3.22. The van der Waals surface area contributed by atoms with Crippen molar-refractivity contribution in [3.63, 3.8) is 0 Å². The first-order valence-corrected chi connectivity index (χ1v) is 8.49. The molecule has 0 bridgehead atoms. The number of aromatic nitrogens is 2. The molecule has 0 unspecified atom stereocenters. The van der Waals surface area contributed by atoms with Crippen molar-refractivity contribution in [2.75, 3.05) is 5.88 Å². The summed E-state index contributed by atoms with van der Waals surface area (Å²) in [5, 5.41) is 4.14. The molecule has 1 aromatic rings. The lowest BCUT2D eigenvalue weighted by Gasteiger charge is -2.18. The first-order valence-electron chi connectivity index (χ1n) is 7.96. The van der Waals surface area contributed by atoms with Crippen LogP contribution in [-0.2, 0) is 11.3 Å². The van der Waals surface area contributed by atoms with Crippen molar-refractivity contribution in [3.8, 4) is 0 Å². The van der Waals surface area contributed by atoms with Gasteiger partial charge in [-0.2, -0.15) is 4.98 Å². The van der Waals surface area contributed by atoms with Crippen LogP contribution in [0.2, 0.25) is 0 Å². The summed E-state index contributed by atoms with van der Waals surface area (Å²) in [6.07, 6.45) is 9.49. The van der Waals surface area contributed by atoms with E-state index >= 15 is 0 Å². The van der Waals surface area contributed by atoms with Gasteiger partial charge in [-0.05, 0) is 25.7 Å². The Hall–Kier alpha value is -1.10. The molecular formula is C15H22ClN3O2. The van der Waals surface area contributed by atoms with Gasteiger partial charge in [0.25, 0.3) is 0 Å². The molecule has 2 aliphatic rings. The molecule has 0 radical (unpaired) electrons. The molecule has 0 saturated heterocycles. The minimum absolute atomic E-state index is 0.0140. The maximum absolute atomic E-state index is 11.9. The van der Waals surface area contributed by atoms with Gasteiger partial charge in [0.05, 0.1) is 0 Å². The second-order valence-electron chi connectivity index (χ2n) is 6.12. The Labute approximate surface area is 130 Å². The molecule has 5 nitrogen and oxygen atoms in total. The Bertz CT molecular complexity index is 479. The summed E-state index contributed by atoms with van der Waals surface area (Å²) in [6.45, 7) is 0.399. The number of carbonyl (C=O) groups excluding carboxylic acids is 1. The smallest absolute Gasteiger partial charge is 0.246 e. The van der Waals surface area contributed by atoms with E-state index in [4.69, 9.17) is 16.1 Å². The number of hydrogen-bond acceptors (Lipinski definition) is 4. The number of nitrogens with zero attached hydrogens (tertiary/aromatic N) is 3. The normalized spacial score (nSPS) is 20.2. The molecular weight excluding hydrogens is 290 g/mol. The zero-order chi connectivity index (χ0) is 14.7. The first-order chi connectivity index (χ1) is 10.3. The minimum atomic E-state index is -0.0478. The Kier molecular flexibility index (Phi) is 4.78. The number of halogens is 1. The van der Waals surface area contributed by atoms with Crippen LogP contribution in [0.3, 0.4) is 0 Å². The third-order valence-corrected chi connectivity index (χ3v) is 4.66. The summed E-state index contributed by atoms with van der Waals surface area (Å²) in [7, 11) is 0. The van der Waals surface area contributed by atoms with Crippen molar-refractivity contribution >= 4 is 17.5 Å². The van der Waals surface area contributed by atoms with E-state index in [1.807, 2.05) is 0 Å². The lowest BCUT2D eigenvalue weighted by molar-refractivity contribution is -0.130. The lowest BCUT2D eigenvalue weighted by Crippen LogP contribution is -2.33. The molecule has 2 aliphatic carbocycles. The van der Waals surface area contributed by atoms with Gasteiger partial charge in [-0.1, -0.05) is 30.8 Å². The summed E-state index contributed by atoms with van der Waals surface area (Å²) >= 11 is 5.67. The second kappa shape index (κ2) is 6.77. The van der Waals surface area contributed by atoms with Gasteiger partial charge in [-0.25, -0.2) is 0 Å². The van der Waals surface area contributed by atoms with Gasteiger partial charge >= 0.3 is 0 Å². The molecule has 116 valence electrons. The highest BCUT2D eigenvalue weighted by Gasteiger charge is 2.33. The Morgan fingerprint density at radius 1 is 1.19 bits per heavy atom. The largest absolute Gasteiger partial charge is 0.337 e. The Morgan fingerprint density at radius 3 is 2.52 bits per heavy atom. The summed E-state index contributed by atoms with van der Waals surface area (Å²) in [4.78, 5) is 18.2. The van der Waals surface area contributed by atoms with Gasteiger partial charge in [0.15, 0.2) is 5.82 Å². The van der Waals surface area contributed by atoms with E-state index in [2.05, 4.69) is 10.1 Å². The SMILES string of the molecule is O=C(CCl)N(Cc1nc(C2CCCCCC2)no1)C1CC1. The summed E-state index contributed by atoms with van der Waals surface area (Å²) in [6, 6.07) is 0.310. The Balaban J connectivity index is 1.64. The predicted octanol–water partition coefficient (Wildman–Crippen LogP) is 3.24. The van der Waals surface area contributed by atoms with Gasteiger partial charge in [0.1, 0.15) is 12.4 Å². The third kappa shape index (κ3) is 3.76. The van der Waals surface area contributed by atoms with Crippen molar-refractivity contribution in [3.05, 3.63) is 11.7 Å². The van der Waals surface area contributed by atoms with Crippen molar-refractivity contribution < 1.29 is 9.32 Å². The zero-order valence-corrected chi connectivity index (χ0v) is 13.0. The van der Waals surface area contributed by atoms with Crippen molar-refractivity contribution in [1.82, 2.24) is 15.0 Å². The molecule has 0 spiro atoms. The summed E-state index contributed by atoms with van der Waals surface area (Å²) < 4.78 is 5.36. The minimum Gasteiger partial charge on any atom is -0.337 e. The molecule has 0 aromatic carbocycles. The number of alkyl halides is 1. The molecule has 0 N–H and O–H groups in total. The summed E-state index contributed by atoms with van der Waals surface area (Å²) in [5.74, 6) is 1.75. The monoisotopic (exact) mass is 311 g/mol. The van der Waals surface area contributed by atoms with E-state index in [9.17, 15) is 4.79 Å². The third-order valence-electron chi connectivity index (χ3n) is 4.43. The number of amides is 1. The van der Waals surface area contributed by atoms with Crippen LogP contribution < -0.4 is 0 Å². The molecule has 1 amide bonds. The summed E-state index contributed by atoms with van der Waals surface area (Å²) in [5.41, 5.74) is 0. The van der Waals surface area contributed by atoms with E-state index in [1.54, 1.807) is 4.90 Å². The van der Waals surface area contributed by atoms with Crippen molar-refractivity contribution in [2.45, 2.75) is 69.9 Å². The molecule has 0 atom stereocenters. The van der Waals surface area contributed by atoms with Crippen LogP contribution in [0, 0.1) is 0 Å². The lowest BCUT2D eigenvalue weighted by atomic mass is 10.00. The van der Waals surface area contributed by atoms with Crippen LogP contribution in [0.25, 0.3) is 0 Å². The molecule has 6 heteroatoms. The topological polar surface area (TPSA) is 59.2 Å². The molecule has 2 saturated carbocycles. The quantitative estimate of drug-likeness (QED) is 0.618. The maximum Gasteiger partial charge on any atom is 0.246 e. The Morgan fingerprint density at radius 2 is 1.90 bits per heavy atom. The molecule has 1 aromatic heterocycles. The van der Waals surface area contributed by atoms with Crippen LogP contribution in [0.4, 0.5) is 0 Å². The first kappa shape index (κ1) is 14.8. The van der Waals surface area contributed by atoms with Gasteiger partial charge in [0, 0.05) is 12.0 Å². The van der Waals surface area contributed by atoms with Gasteiger partial charge < -0.3 is 9.42 Å². The highest BCUT2D eigenvalue weighted by atomic mass is 35.5. The average molecular weight is 312 g/mol. The standard InChI is InChI=1S/C15H22ClN3O2/c16-9-14(20)19(12-7-8-12)10-13-17-15(18-21-13)11-5-3-1-2-4-6-11/h11-12H,1-10H2. The van der Waals surface area contributed by atoms with Crippen molar-refractivity contribution in [2.24, 2.45) is 0 Å². The maximum atomic E-state index is 11.9. The van der Waals surface area contributed by atoms with E-state index in [1.165, 1.54) is 25.7 Å². The predicted molar refractivity (Wildman–Crippen MR) is 79.0 cm³/mol. The molecule has 1 heterocycles. The van der Waals surface area contributed by atoms with E-state index < -0.39 is 0 Å². The van der Waals surface area contributed by atoms with Gasteiger partial charge in [0.2, 0.25) is 11.8 Å². The second-order valence-corrected chi connectivity index (χ2v) is 6.39. The average Bonchev–Trinajstić information content (AvgIpc) is 3.29. The van der Waals surface area contributed by atoms with Crippen LogP contribution in [0.1, 0.15) is 69.0 Å².